The van der Waals surface area contributed by atoms with Gasteiger partial charge in [0.15, 0.2) is 0 Å². The average molecular weight is 269 g/mol. The second-order valence-corrected chi connectivity index (χ2v) is 4.96. The molecule has 0 saturated heterocycles. The first-order valence-corrected chi connectivity index (χ1v) is 6.74. The molecule has 0 aromatic rings. The second-order valence-electron chi connectivity index (χ2n) is 4.96. The van der Waals surface area contributed by atoms with Crippen LogP contribution in [0, 0.1) is 11.8 Å². The zero-order valence-electron chi connectivity index (χ0n) is 11.4. The molecule has 1 aliphatic rings. The van der Waals surface area contributed by atoms with Crippen LogP contribution in [-0.4, -0.2) is 36.7 Å². The number of amides is 1. The summed E-state index contributed by atoms with van der Waals surface area (Å²) in [5.74, 6) is -2.17. The van der Waals surface area contributed by atoms with Gasteiger partial charge in [-0.25, -0.2) is 0 Å². The molecule has 1 amide bonds. The molecule has 2 N–H and O–H groups in total. The molecule has 1 rings (SSSR count). The van der Waals surface area contributed by atoms with Crippen molar-refractivity contribution in [2.24, 2.45) is 11.8 Å². The fourth-order valence-electron chi connectivity index (χ4n) is 2.50. The summed E-state index contributed by atoms with van der Waals surface area (Å²) in [4.78, 5) is 23.2. The Balaban J connectivity index is 2.40. The SMILES string of the molecule is C=CCCCCNC(=O)[C@@H]1C[C@@H](OC)C[C@H]1C(=O)O. The van der Waals surface area contributed by atoms with Gasteiger partial charge in [-0.05, 0) is 32.1 Å². The molecule has 5 nitrogen and oxygen atoms in total. The van der Waals surface area contributed by atoms with Gasteiger partial charge in [0, 0.05) is 13.7 Å². The van der Waals surface area contributed by atoms with Crippen LogP contribution in [0.3, 0.4) is 0 Å². The molecule has 108 valence electrons. The molecule has 0 heterocycles. The van der Waals surface area contributed by atoms with E-state index in [1.165, 1.54) is 0 Å². The minimum Gasteiger partial charge on any atom is -0.481 e. The molecule has 19 heavy (non-hydrogen) atoms. The molecule has 0 aromatic heterocycles. The first-order chi connectivity index (χ1) is 9.10. The lowest BCUT2D eigenvalue weighted by Crippen LogP contribution is -2.35. The number of hydrogen-bond acceptors (Lipinski definition) is 3. The highest BCUT2D eigenvalue weighted by Crippen LogP contribution is 2.34. The highest BCUT2D eigenvalue weighted by atomic mass is 16.5. The summed E-state index contributed by atoms with van der Waals surface area (Å²) in [7, 11) is 1.55. The highest BCUT2D eigenvalue weighted by Gasteiger charge is 2.42. The van der Waals surface area contributed by atoms with E-state index in [-0.39, 0.29) is 12.0 Å². The van der Waals surface area contributed by atoms with Crippen LogP contribution in [0.2, 0.25) is 0 Å². The van der Waals surface area contributed by atoms with Crippen molar-refractivity contribution in [1.29, 1.82) is 0 Å². The lowest BCUT2D eigenvalue weighted by atomic mass is 9.95. The van der Waals surface area contributed by atoms with Crippen molar-refractivity contribution in [3.63, 3.8) is 0 Å². The van der Waals surface area contributed by atoms with Crippen LogP contribution in [0.1, 0.15) is 32.1 Å². The standard InChI is InChI=1S/C14H23NO4/c1-3-4-5-6-7-15-13(16)11-8-10(19-2)9-12(11)14(17)18/h3,10-12H,1,4-9H2,2H3,(H,15,16)(H,17,18)/t10-,11-,12-/m1/s1. The van der Waals surface area contributed by atoms with Gasteiger partial charge in [-0.1, -0.05) is 6.08 Å². The highest BCUT2D eigenvalue weighted by molar-refractivity contribution is 5.85. The molecule has 3 atom stereocenters. The molecule has 1 aliphatic carbocycles. The van der Waals surface area contributed by atoms with E-state index in [0.29, 0.717) is 19.4 Å². The monoisotopic (exact) mass is 269 g/mol. The van der Waals surface area contributed by atoms with E-state index >= 15 is 0 Å². The lowest BCUT2D eigenvalue weighted by molar-refractivity contribution is -0.146. The average Bonchev–Trinajstić information content (AvgIpc) is 2.82. The van der Waals surface area contributed by atoms with Gasteiger partial charge >= 0.3 is 5.97 Å². The summed E-state index contributed by atoms with van der Waals surface area (Å²) in [5.41, 5.74) is 0. The topological polar surface area (TPSA) is 75.6 Å². The molecule has 1 fully saturated rings. The van der Waals surface area contributed by atoms with Gasteiger partial charge in [0.2, 0.25) is 5.91 Å². The summed E-state index contributed by atoms with van der Waals surface area (Å²) in [6, 6.07) is 0. The Hall–Kier alpha value is -1.36. The van der Waals surface area contributed by atoms with Crippen molar-refractivity contribution < 1.29 is 19.4 Å². The molecular formula is C14H23NO4. The maximum Gasteiger partial charge on any atom is 0.307 e. The third kappa shape index (κ3) is 4.67. The van der Waals surface area contributed by atoms with Crippen LogP contribution in [0.15, 0.2) is 12.7 Å². The number of allylic oxidation sites excluding steroid dienone is 1. The molecule has 0 aromatic carbocycles. The molecule has 5 heteroatoms. The number of nitrogens with one attached hydrogen (secondary N) is 1. The quantitative estimate of drug-likeness (QED) is 0.518. The number of aliphatic carboxylic acids is 1. The Kier molecular flexibility index (Phi) is 6.56. The second kappa shape index (κ2) is 7.94. The van der Waals surface area contributed by atoms with E-state index in [4.69, 9.17) is 9.84 Å². The van der Waals surface area contributed by atoms with E-state index < -0.39 is 17.8 Å². The van der Waals surface area contributed by atoms with Crippen LogP contribution in [-0.2, 0) is 14.3 Å². The number of carbonyl (C=O) groups excluding carboxylic acids is 1. The minimum absolute atomic E-state index is 0.127. The number of hydrogen-bond donors (Lipinski definition) is 2. The number of carboxylic acid groups (broad SMARTS) is 1. The summed E-state index contributed by atoms with van der Waals surface area (Å²) in [5, 5.41) is 12.0. The normalized spacial score (nSPS) is 26.1. The van der Waals surface area contributed by atoms with Crippen molar-refractivity contribution in [2.75, 3.05) is 13.7 Å². The smallest absolute Gasteiger partial charge is 0.307 e. The predicted octanol–water partition coefficient (Wildman–Crippen LogP) is 1.58. The van der Waals surface area contributed by atoms with Gasteiger partial charge in [0.05, 0.1) is 17.9 Å². The number of unbranched alkanes of at least 4 members (excludes halogenated alkanes) is 2. The molecule has 0 spiro atoms. The fraction of sp³-hybridized carbons (Fsp3) is 0.714. The number of carboxylic acids is 1. The van der Waals surface area contributed by atoms with Gasteiger partial charge in [-0.3, -0.25) is 9.59 Å². The van der Waals surface area contributed by atoms with Crippen LogP contribution >= 0.6 is 0 Å². The maximum atomic E-state index is 12.0. The number of carbonyl (C=O) groups is 2. The number of methoxy groups -OCH3 is 1. The lowest BCUT2D eigenvalue weighted by Gasteiger charge is -2.15. The summed E-state index contributed by atoms with van der Waals surface area (Å²) in [6.45, 7) is 4.23. The Morgan fingerprint density at radius 3 is 2.63 bits per heavy atom. The first kappa shape index (κ1) is 15.7. The molecule has 1 saturated carbocycles. The Morgan fingerprint density at radius 1 is 1.37 bits per heavy atom. The molecule has 0 aliphatic heterocycles. The van der Waals surface area contributed by atoms with E-state index in [9.17, 15) is 9.59 Å². The fourth-order valence-corrected chi connectivity index (χ4v) is 2.50. The molecule has 0 radical (unpaired) electrons. The van der Waals surface area contributed by atoms with Crippen molar-refractivity contribution in [2.45, 2.75) is 38.2 Å². The van der Waals surface area contributed by atoms with Crippen molar-refractivity contribution in [3.05, 3.63) is 12.7 Å². The van der Waals surface area contributed by atoms with E-state index in [1.807, 2.05) is 6.08 Å². The van der Waals surface area contributed by atoms with E-state index in [1.54, 1.807) is 7.11 Å². The predicted molar refractivity (Wildman–Crippen MR) is 71.7 cm³/mol. The number of ether oxygens (including phenoxy) is 1. The molecule has 0 bridgehead atoms. The molecule has 0 unspecified atom stereocenters. The van der Waals surface area contributed by atoms with E-state index in [0.717, 1.165) is 19.3 Å². The third-order valence-electron chi connectivity index (χ3n) is 3.64. The van der Waals surface area contributed by atoms with Gasteiger partial charge in [-0.15, -0.1) is 6.58 Å². The summed E-state index contributed by atoms with van der Waals surface area (Å²) < 4.78 is 5.18. The van der Waals surface area contributed by atoms with Crippen LogP contribution in [0.5, 0.6) is 0 Å². The van der Waals surface area contributed by atoms with Gasteiger partial charge in [0.1, 0.15) is 0 Å². The largest absolute Gasteiger partial charge is 0.481 e. The van der Waals surface area contributed by atoms with Gasteiger partial charge in [-0.2, -0.15) is 0 Å². The summed E-state index contributed by atoms with van der Waals surface area (Å²) >= 11 is 0. The van der Waals surface area contributed by atoms with Crippen LogP contribution in [0.25, 0.3) is 0 Å². The van der Waals surface area contributed by atoms with E-state index in [2.05, 4.69) is 11.9 Å². The zero-order chi connectivity index (χ0) is 14.3. The van der Waals surface area contributed by atoms with Crippen molar-refractivity contribution >= 4 is 11.9 Å². The van der Waals surface area contributed by atoms with Crippen molar-refractivity contribution in [3.8, 4) is 0 Å². The minimum atomic E-state index is -0.911. The third-order valence-corrected chi connectivity index (χ3v) is 3.64. The van der Waals surface area contributed by atoms with Gasteiger partial charge < -0.3 is 15.2 Å². The maximum absolute atomic E-state index is 12.0. The number of rotatable bonds is 8. The van der Waals surface area contributed by atoms with Gasteiger partial charge in [0.25, 0.3) is 0 Å². The van der Waals surface area contributed by atoms with Crippen LogP contribution < -0.4 is 5.32 Å². The summed E-state index contributed by atoms with van der Waals surface area (Å²) in [6.07, 6.45) is 5.43. The first-order valence-electron chi connectivity index (χ1n) is 6.74. The zero-order valence-corrected chi connectivity index (χ0v) is 11.4. The Bertz CT molecular complexity index is 329. The Morgan fingerprint density at radius 2 is 2.05 bits per heavy atom. The van der Waals surface area contributed by atoms with Crippen molar-refractivity contribution in [1.82, 2.24) is 5.32 Å². The molecular weight excluding hydrogens is 246 g/mol. The Labute approximate surface area is 114 Å². The van der Waals surface area contributed by atoms with Crippen LogP contribution in [0.4, 0.5) is 0 Å².